The van der Waals surface area contributed by atoms with E-state index in [2.05, 4.69) is 10.2 Å². The van der Waals surface area contributed by atoms with Crippen molar-refractivity contribution in [2.24, 2.45) is 5.92 Å². The third-order valence-electron chi connectivity index (χ3n) is 3.83. The number of ether oxygens (including phenoxy) is 1. The number of hydrogen-bond acceptors (Lipinski definition) is 5. The molecule has 108 valence electrons. The molecule has 1 fully saturated rings. The molecule has 2 aromatic heterocycles. The minimum Gasteiger partial charge on any atom is -0.493 e. The van der Waals surface area contributed by atoms with Crippen LogP contribution in [0.4, 0.5) is 0 Å². The molecule has 0 atom stereocenters. The summed E-state index contributed by atoms with van der Waals surface area (Å²) in [4.78, 5) is 0. The molecule has 1 aliphatic heterocycles. The predicted octanol–water partition coefficient (Wildman–Crippen LogP) is 1.11. The van der Waals surface area contributed by atoms with Gasteiger partial charge in [-0.25, -0.2) is 8.42 Å². The van der Waals surface area contributed by atoms with Gasteiger partial charge in [0.1, 0.15) is 15.7 Å². The molecule has 1 saturated heterocycles. The Labute approximate surface area is 117 Å². The molecular weight excluding hydrogens is 278 g/mol. The SMILES string of the molecule is COc1cccn2c(CC3CCS(=O)(=O)CC3)nnc12. The van der Waals surface area contributed by atoms with E-state index < -0.39 is 9.84 Å². The zero-order chi connectivity index (χ0) is 14.2. The van der Waals surface area contributed by atoms with E-state index in [-0.39, 0.29) is 11.5 Å². The van der Waals surface area contributed by atoms with Crippen LogP contribution in [0.5, 0.6) is 5.75 Å². The number of aromatic nitrogens is 3. The zero-order valence-corrected chi connectivity index (χ0v) is 12.1. The maximum absolute atomic E-state index is 11.4. The normalized spacial score (nSPS) is 19.2. The Hall–Kier alpha value is -1.63. The second-order valence-electron chi connectivity index (χ2n) is 5.19. The van der Waals surface area contributed by atoms with Crippen molar-refractivity contribution < 1.29 is 13.2 Å². The smallest absolute Gasteiger partial charge is 0.203 e. The highest BCUT2D eigenvalue weighted by Crippen LogP contribution is 2.24. The lowest BCUT2D eigenvalue weighted by Gasteiger charge is -2.20. The van der Waals surface area contributed by atoms with E-state index in [0.29, 0.717) is 30.2 Å². The fourth-order valence-corrected chi connectivity index (χ4v) is 4.23. The Kier molecular flexibility index (Phi) is 3.37. The van der Waals surface area contributed by atoms with Crippen molar-refractivity contribution in [2.75, 3.05) is 18.6 Å². The summed E-state index contributed by atoms with van der Waals surface area (Å²) < 4.78 is 30.1. The fourth-order valence-electron chi connectivity index (χ4n) is 2.64. The molecule has 0 unspecified atom stereocenters. The van der Waals surface area contributed by atoms with E-state index in [1.54, 1.807) is 7.11 Å². The highest BCUT2D eigenvalue weighted by atomic mass is 32.2. The van der Waals surface area contributed by atoms with Crippen molar-refractivity contribution in [3.05, 3.63) is 24.2 Å². The molecular formula is C13H17N3O3S. The maximum atomic E-state index is 11.4. The van der Waals surface area contributed by atoms with Crippen LogP contribution in [0.2, 0.25) is 0 Å². The fraction of sp³-hybridized carbons (Fsp3) is 0.538. The van der Waals surface area contributed by atoms with Crippen LogP contribution in [0.1, 0.15) is 18.7 Å². The van der Waals surface area contributed by atoms with Gasteiger partial charge in [0, 0.05) is 12.6 Å². The summed E-state index contributed by atoms with van der Waals surface area (Å²) in [5.74, 6) is 2.49. The third kappa shape index (κ3) is 2.49. The van der Waals surface area contributed by atoms with Crippen molar-refractivity contribution in [1.29, 1.82) is 0 Å². The quantitative estimate of drug-likeness (QED) is 0.848. The van der Waals surface area contributed by atoms with Crippen LogP contribution in [-0.2, 0) is 16.3 Å². The Balaban J connectivity index is 1.82. The van der Waals surface area contributed by atoms with Gasteiger partial charge in [-0.05, 0) is 30.9 Å². The van der Waals surface area contributed by atoms with Crippen molar-refractivity contribution in [2.45, 2.75) is 19.3 Å². The van der Waals surface area contributed by atoms with E-state index in [9.17, 15) is 8.42 Å². The van der Waals surface area contributed by atoms with Gasteiger partial charge in [-0.1, -0.05) is 0 Å². The Bertz CT molecular complexity index is 710. The number of nitrogens with zero attached hydrogens (tertiary/aromatic N) is 3. The van der Waals surface area contributed by atoms with E-state index in [1.165, 1.54) is 0 Å². The second kappa shape index (κ2) is 5.05. The molecule has 0 amide bonds. The van der Waals surface area contributed by atoms with Crippen LogP contribution in [0, 0.1) is 5.92 Å². The van der Waals surface area contributed by atoms with Gasteiger partial charge in [-0.2, -0.15) is 0 Å². The maximum Gasteiger partial charge on any atom is 0.203 e. The lowest BCUT2D eigenvalue weighted by Crippen LogP contribution is -2.25. The van der Waals surface area contributed by atoms with Gasteiger partial charge in [0.2, 0.25) is 5.65 Å². The molecule has 0 aromatic carbocycles. The third-order valence-corrected chi connectivity index (χ3v) is 5.55. The van der Waals surface area contributed by atoms with Crippen molar-refractivity contribution in [3.63, 3.8) is 0 Å². The Morgan fingerprint density at radius 2 is 2.10 bits per heavy atom. The molecule has 3 rings (SSSR count). The number of fused-ring (bicyclic) bond motifs is 1. The largest absolute Gasteiger partial charge is 0.493 e. The van der Waals surface area contributed by atoms with Crippen molar-refractivity contribution in [1.82, 2.24) is 14.6 Å². The van der Waals surface area contributed by atoms with Crippen LogP contribution < -0.4 is 4.74 Å². The summed E-state index contributed by atoms with van der Waals surface area (Å²) in [6.45, 7) is 0. The Morgan fingerprint density at radius 3 is 2.80 bits per heavy atom. The minimum absolute atomic E-state index is 0.289. The molecule has 3 heterocycles. The summed E-state index contributed by atoms with van der Waals surface area (Å²) in [6, 6.07) is 3.74. The van der Waals surface area contributed by atoms with Gasteiger partial charge in [0.25, 0.3) is 0 Å². The van der Waals surface area contributed by atoms with Crippen molar-refractivity contribution in [3.8, 4) is 5.75 Å². The lowest BCUT2D eigenvalue weighted by molar-refractivity contribution is 0.416. The van der Waals surface area contributed by atoms with Gasteiger partial charge in [0.15, 0.2) is 5.75 Å². The molecule has 0 spiro atoms. The van der Waals surface area contributed by atoms with Crippen molar-refractivity contribution >= 4 is 15.5 Å². The summed E-state index contributed by atoms with van der Waals surface area (Å²) in [5, 5.41) is 8.37. The van der Waals surface area contributed by atoms with Crippen LogP contribution >= 0.6 is 0 Å². The summed E-state index contributed by atoms with van der Waals surface area (Å²) in [7, 11) is -1.20. The molecule has 0 N–H and O–H groups in total. The summed E-state index contributed by atoms with van der Waals surface area (Å²) in [5.41, 5.74) is 0.702. The molecule has 2 aromatic rings. The molecule has 6 nitrogen and oxygen atoms in total. The van der Waals surface area contributed by atoms with Gasteiger partial charge >= 0.3 is 0 Å². The molecule has 0 aliphatic carbocycles. The van der Waals surface area contributed by atoms with Gasteiger partial charge in [0.05, 0.1) is 18.6 Å². The summed E-state index contributed by atoms with van der Waals surface area (Å²) in [6.07, 6.45) is 4.08. The molecule has 0 radical (unpaired) electrons. The Morgan fingerprint density at radius 1 is 1.35 bits per heavy atom. The lowest BCUT2D eigenvalue weighted by atomic mass is 9.98. The van der Waals surface area contributed by atoms with Crippen LogP contribution in [0.3, 0.4) is 0 Å². The van der Waals surface area contributed by atoms with Crippen LogP contribution in [-0.4, -0.2) is 41.6 Å². The first kappa shape index (κ1) is 13.4. The standard InChI is InChI=1S/C13H17N3O3S/c1-19-11-3-2-6-16-12(14-15-13(11)16)9-10-4-7-20(17,18)8-5-10/h2-3,6,10H,4-5,7-9H2,1H3. The number of rotatable bonds is 3. The van der Waals surface area contributed by atoms with Crippen LogP contribution in [0.25, 0.3) is 5.65 Å². The van der Waals surface area contributed by atoms with Gasteiger partial charge < -0.3 is 4.74 Å². The first-order valence-electron chi connectivity index (χ1n) is 6.66. The average molecular weight is 295 g/mol. The topological polar surface area (TPSA) is 73.6 Å². The number of methoxy groups -OCH3 is 1. The van der Waals surface area contributed by atoms with Gasteiger partial charge in [-0.3, -0.25) is 4.40 Å². The second-order valence-corrected chi connectivity index (χ2v) is 7.49. The summed E-state index contributed by atoms with van der Waals surface area (Å²) >= 11 is 0. The first-order valence-corrected chi connectivity index (χ1v) is 8.48. The molecule has 0 saturated carbocycles. The molecule has 7 heteroatoms. The van der Waals surface area contributed by atoms with E-state index in [4.69, 9.17) is 4.74 Å². The van der Waals surface area contributed by atoms with Crippen LogP contribution in [0.15, 0.2) is 18.3 Å². The number of sulfone groups is 1. The monoisotopic (exact) mass is 295 g/mol. The van der Waals surface area contributed by atoms with E-state index in [1.807, 2.05) is 22.7 Å². The molecule has 20 heavy (non-hydrogen) atoms. The van der Waals surface area contributed by atoms with E-state index in [0.717, 1.165) is 12.2 Å². The minimum atomic E-state index is -2.81. The van der Waals surface area contributed by atoms with E-state index >= 15 is 0 Å². The predicted molar refractivity (Wildman–Crippen MR) is 74.6 cm³/mol. The number of pyridine rings is 1. The highest BCUT2D eigenvalue weighted by molar-refractivity contribution is 7.91. The zero-order valence-electron chi connectivity index (χ0n) is 11.3. The van der Waals surface area contributed by atoms with Gasteiger partial charge in [-0.15, -0.1) is 10.2 Å². The molecule has 1 aliphatic rings. The average Bonchev–Trinajstić information content (AvgIpc) is 2.84. The highest BCUT2D eigenvalue weighted by Gasteiger charge is 2.25. The number of hydrogen-bond donors (Lipinski definition) is 0. The molecule has 0 bridgehead atoms. The first-order chi connectivity index (χ1) is 9.59.